The van der Waals surface area contributed by atoms with Gasteiger partial charge in [0.2, 0.25) is 0 Å². The molecule has 0 atom stereocenters. The quantitative estimate of drug-likeness (QED) is 0.536. The Bertz CT molecular complexity index is 1020. The summed E-state index contributed by atoms with van der Waals surface area (Å²) >= 11 is 0. The summed E-state index contributed by atoms with van der Waals surface area (Å²) in [6.07, 6.45) is 7.42. The lowest BCUT2D eigenvalue weighted by Crippen LogP contribution is -1.84. The van der Waals surface area contributed by atoms with Crippen molar-refractivity contribution in [3.63, 3.8) is 0 Å². The smallest absolute Gasteiger partial charge is 0.131 e. The number of nitrogens with one attached hydrogen (secondary N) is 1. The average Bonchev–Trinajstić information content (AvgIpc) is 3.13. The predicted molar refractivity (Wildman–Crippen MR) is 103 cm³/mol. The maximum absolute atomic E-state index is 13.3. The van der Waals surface area contributed by atoms with Crippen molar-refractivity contribution in [2.75, 3.05) is 0 Å². The number of imidazole rings is 1. The summed E-state index contributed by atoms with van der Waals surface area (Å²) in [5.41, 5.74) is 4.59. The Labute approximate surface area is 150 Å². The standard InChI is InChI=1S/C22H16FN3/c23-19-9-7-17(8-10-19)21-22(18-12-14-24-15-13-18)26-20(25-21)11-6-16-4-2-1-3-5-16/h1-15H,(H,25,26)/b11-6+. The van der Waals surface area contributed by atoms with Crippen LogP contribution in [0.1, 0.15) is 11.4 Å². The molecule has 0 bridgehead atoms. The molecule has 0 saturated carbocycles. The minimum Gasteiger partial charge on any atom is -0.338 e. The lowest BCUT2D eigenvalue weighted by Gasteiger charge is -2.02. The molecule has 0 amide bonds. The molecule has 2 heterocycles. The summed E-state index contributed by atoms with van der Waals surface area (Å²) in [5, 5.41) is 0. The summed E-state index contributed by atoms with van der Waals surface area (Å²) in [4.78, 5) is 12.1. The Balaban J connectivity index is 1.77. The van der Waals surface area contributed by atoms with Crippen LogP contribution < -0.4 is 0 Å². The topological polar surface area (TPSA) is 41.6 Å². The largest absolute Gasteiger partial charge is 0.338 e. The Morgan fingerprint density at radius 1 is 0.769 bits per heavy atom. The number of pyridine rings is 1. The van der Waals surface area contributed by atoms with Crippen molar-refractivity contribution in [1.82, 2.24) is 15.0 Å². The first-order valence-corrected chi connectivity index (χ1v) is 8.29. The second-order valence-corrected chi connectivity index (χ2v) is 5.83. The fourth-order valence-electron chi connectivity index (χ4n) is 2.75. The third kappa shape index (κ3) is 3.44. The van der Waals surface area contributed by atoms with Crippen molar-refractivity contribution in [3.05, 3.63) is 96.3 Å². The molecule has 4 aromatic rings. The molecular formula is C22H16FN3. The third-order valence-electron chi connectivity index (χ3n) is 4.04. The van der Waals surface area contributed by atoms with Crippen molar-refractivity contribution < 1.29 is 4.39 Å². The average molecular weight is 341 g/mol. The number of benzene rings is 2. The third-order valence-corrected chi connectivity index (χ3v) is 4.04. The van der Waals surface area contributed by atoms with Crippen LogP contribution in [0.4, 0.5) is 4.39 Å². The minimum absolute atomic E-state index is 0.265. The molecule has 0 aliphatic rings. The summed E-state index contributed by atoms with van der Waals surface area (Å²) < 4.78 is 13.3. The van der Waals surface area contributed by atoms with Crippen LogP contribution in [0.3, 0.4) is 0 Å². The molecule has 2 aromatic heterocycles. The van der Waals surface area contributed by atoms with Gasteiger partial charge >= 0.3 is 0 Å². The van der Waals surface area contributed by atoms with E-state index in [4.69, 9.17) is 4.98 Å². The zero-order valence-corrected chi connectivity index (χ0v) is 13.9. The minimum atomic E-state index is -0.265. The number of halogens is 1. The molecule has 0 unspecified atom stereocenters. The maximum atomic E-state index is 13.3. The highest BCUT2D eigenvalue weighted by Gasteiger charge is 2.13. The second-order valence-electron chi connectivity index (χ2n) is 5.83. The molecule has 26 heavy (non-hydrogen) atoms. The molecule has 0 saturated heterocycles. The zero-order chi connectivity index (χ0) is 17.8. The Kier molecular flexibility index (Phi) is 4.39. The molecular weight excluding hydrogens is 325 g/mol. The Morgan fingerprint density at radius 3 is 2.23 bits per heavy atom. The van der Waals surface area contributed by atoms with Gasteiger partial charge in [-0.2, -0.15) is 0 Å². The van der Waals surface area contributed by atoms with Crippen LogP contribution in [0, 0.1) is 5.82 Å². The molecule has 1 N–H and O–H groups in total. The number of H-pyrrole nitrogens is 1. The molecule has 126 valence electrons. The van der Waals surface area contributed by atoms with E-state index in [0.29, 0.717) is 0 Å². The Morgan fingerprint density at radius 2 is 1.50 bits per heavy atom. The predicted octanol–water partition coefficient (Wildman–Crippen LogP) is 5.45. The van der Waals surface area contributed by atoms with Gasteiger partial charge in [-0.1, -0.05) is 36.4 Å². The van der Waals surface area contributed by atoms with Gasteiger partial charge in [-0.25, -0.2) is 9.37 Å². The highest BCUT2D eigenvalue weighted by atomic mass is 19.1. The van der Waals surface area contributed by atoms with Crippen LogP contribution >= 0.6 is 0 Å². The van der Waals surface area contributed by atoms with Gasteiger partial charge in [-0.15, -0.1) is 0 Å². The summed E-state index contributed by atoms with van der Waals surface area (Å²) in [6, 6.07) is 20.2. The number of hydrogen-bond acceptors (Lipinski definition) is 2. The van der Waals surface area contributed by atoms with Crippen LogP contribution in [0.25, 0.3) is 34.7 Å². The number of rotatable bonds is 4. The van der Waals surface area contributed by atoms with E-state index < -0.39 is 0 Å². The van der Waals surface area contributed by atoms with Crippen molar-refractivity contribution in [3.8, 4) is 22.5 Å². The van der Waals surface area contributed by atoms with Gasteiger partial charge in [0.05, 0.1) is 11.4 Å². The van der Waals surface area contributed by atoms with E-state index in [-0.39, 0.29) is 5.82 Å². The first-order chi connectivity index (χ1) is 12.8. The van der Waals surface area contributed by atoms with Crippen molar-refractivity contribution in [2.45, 2.75) is 0 Å². The van der Waals surface area contributed by atoms with E-state index in [1.165, 1.54) is 12.1 Å². The number of nitrogens with zero attached hydrogens (tertiary/aromatic N) is 2. The van der Waals surface area contributed by atoms with Crippen molar-refractivity contribution in [1.29, 1.82) is 0 Å². The van der Waals surface area contributed by atoms with E-state index >= 15 is 0 Å². The zero-order valence-electron chi connectivity index (χ0n) is 13.9. The fraction of sp³-hybridized carbons (Fsp3) is 0. The normalized spacial score (nSPS) is 11.1. The number of aromatic nitrogens is 3. The van der Waals surface area contributed by atoms with Crippen LogP contribution in [0.15, 0.2) is 79.1 Å². The van der Waals surface area contributed by atoms with Crippen LogP contribution in [0.5, 0.6) is 0 Å². The molecule has 4 heteroatoms. The van der Waals surface area contributed by atoms with E-state index in [2.05, 4.69) is 9.97 Å². The van der Waals surface area contributed by atoms with Gasteiger partial charge in [-0.3, -0.25) is 4.98 Å². The van der Waals surface area contributed by atoms with E-state index in [9.17, 15) is 4.39 Å². The SMILES string of the molecule is Fc1ccc(-c2nc(/C=C/c3ccccc3)[nH]c2-c2ccncc2)cc1. The summed E-state index contributed by atoms with van der Waals surface area (Å²) in [6.45, 7) is 0. The molecule has 4 rings (SSSR count). The van der Waals surface area contributed by atoms with E-state index in [1.807, 2.05) is 54.6 Å². The first-order valence-electron chi connectivity index (χ1n) is 8.29. The van der Waals surface area contributed by atoms with Gasteiger partial charge in [0.25, 0.3) is 0 Å². The monoisotopic (exact) mass is 341 g/mol. The first kappa shape index (κ1) is 16.0. The molecule has 0 spiro atoms. The highest BCUT2D eigenvalue weighted by Crippen LogP contribution is 2.30. The Hall–Kier alpha value is -3.53. The van der Waals surface area contributed by atoms with Gasteiger partial charge in [0.1, 0.15) is 11.6 Å². The number of aromatic amines is 1. The van der Waals surface area contributed by atoms with Crippen molar-refractivity contribution in [2.24, 2.45) is 0 Å². The molecule has 3 nitrogen and oxygen atoms in total. The van der Waals surface area contributed by atoms with Crippen LogP contribution in [-0.4, -0.2) is 15.0 Å². The number of hydrogen-bond donors (Lipinski definition) is 1. The maximum Gasteiger partial charge on any atom is 0.131 e. The van der Waals surface area contributed by atoms with Crippen molar-refractivity contribution >= 4 is 12.2 Å². The van der Waals surface area contributed by atoms with Gasteiger partial charge in [0.15, 0.2) is 0 Å². The summed E-state index contributed by atoms with van der Waals surface area (Å²) in [5.74, 6) is 0.471. The van der Waals surface area contributed by atoms with E-state index in [1.54, 1.807) is 24.5 Å². The summed E-state index contributed by atoms with van der Waals surface area (Å²) in [7, 11) is 0. The molecule has 0 radical (unpaired) electrons. The van der Waals surface area contributed by atoms with Crippen LogP contribution in [-0.2, 0) is 0 Å². The molecule has 0 aliphatic carbocycles. The van der Waals surface area contributed by atoms with Crippen LogP contribution in [0.2, 0.25) is 0 Å². The fourth-order valence-corrected chi connectivity index (χ4v) is 2.75. The molecule has 2 aromatic carbocycles. The second kappa shape index (κ2) is 7.15. The van der Waals surface area contributed by atoms with E-state index in [0.717, 1.165) is 33.9 Å². The van der Waals surface area contributed by atoms with Gasteiger partial charge < -0.3 is 4.98 Å². The van der Waals surface area contributed by atoms with Gasteiger partial charge in [0, 0.05) is 23.5 Å². The lowest BCUT2D eigenvalue weighted by molar-refractivity contribution is 0.628. The molecule has 0 aliphatic heterocycles. The lowest BCUT2D eigenvalue weighted by atomic mass is 10.1. The molecule has 0 fully saturated rings. The van der Waals surface area contributed by atoms with Gasteiger partial charge in [-0.05, 0) is 48.0 Å². The highest BCUT2D eigenvalue weighted by molar-refractivity contribution is 5.80.